The van der Waals surface area contributed by atoms with Crippen LogP contribution in [-0.2, 0) is 0 Å². The van der Waals surface area contributed by atoms with E-state index in [0.717, 1.165) is 49.0 Å². The fraction of sp³-hybridized carbons (Fsp3) is 1.00. The minimum atomic E-state index is 1.11. The predicted octanol–water partition coefficient (Wildman–Crippen LogP) is 2.93. The van der Waals surface area contributed by atoms with Crippen molar-refractivity contribution in [2.24, 2.45) is 0 Å². The molecule has 9 heavy (non-hydrogen) atoms. The molecule has 0 bridgehead atoms. The molecular formula is C8H17K. The summed E-state index contributed by atoms with van der Waals surface area (Å²) in [7, 11) is 0. The van der Waals surface area contributed by atoms with Crippen LogP contribution >= 0.6 is 0 Å². The second kappa shape index (κ2) is 9.64. The fourth-order valence-electron chi connectivity index (χ4n) is 1.03. The molecule has 0 aromatic rings. The maximum atomic E-state index is 2.27. The van der Waals surface area contributed by atoms with E-state index in [4.69, 9.17) is 0 Å². The van der Waals surface area contributed by atoms with Gasteiger partial charge in [0, 0.05) is 0 Å². The van der Waals surface area contributed by atoms with Gasteiger partial charge in [-0.2, -0.15) is 0 Å². The Morgan fingerprint density at radius 2 is 1.44 bits per heavy atom. The van der Waals surface area contributed by atoms with E-state index in [2.05, 4.69) is 6.92 Å². The molecule has 0 spiro atoms. The van der Waals surface area contributed by atoms with Crippen LogP contribution in [0, 0.1) is 0 Å². The summed E-state index contributed by atoms with van der Waals surface area (Å²) < 4.78 is 1.55. The van der Waals surface area contributed by atoms with Crippen molar-refractivity contribution in [1.29, 1.82) is 0 Å². The van der Waals surface area contributed by atoms with Gasteiger partial charge in [-0.15, -0.1) is 0 Å². The molecule has 0 aromatic carbocycles. The van der Waals surface area contributed by atoms with Crippen molar-refractivity contribution >= 4 is 49.0 Å². The summed E-state index contributed by atoms with van der Waals surface area (Å²) in [5, 5.41) is 0. The Balaban J connectivity index is 2.60. The first-order valence-electron chi connectivity index (χ1n) is 4.41. The molecule has 0 radical (unpaired) electrons. The zero-order valence-electron chi connectivity index (χ0n) is 6.95. The van der Waals surface area contributed by atoms with Gasteiger partial charge in [0.15, 0.2) is 0 Å². The molecule has 0 unspecified atom stereocenters. The van der Waals surface area contributed by atoms with Gasteiger partial charge in [0.2, 0.25) is 0 Å². The fourth-order valence-corrected chi connectivity index (χ4v) is 1.81. The van der Waals surface area contributed by atoms with Crippen molar-refractivity contribution in [3.05, 3.63) is 0 Å². The number of rotatable bonds is 6. The summed E-state index contributed by atoms with van der Waals surface area (Å²) >= 11 is 1.11. The summed E-state index contributed by atoms with van der Waals surface area (Å²) in [4.78, 5) is 0. The molecule has 50 valence electrons. The summed E-state index contributed by atoms with van der Waals surface area (Å²) in [5.74, 6) is 0. The molecule has 0 saturated heterocycles. The Hall–Kier alpha value is 1.64. The van der Waals surface area contributed by atoms with Crippen molar-refractivity contribution in [1.82, 2.24) is 0 Å². The molecule has 1 heteroatoms. The SMILES string of the molecule is CCCCCCC[CH2][K]. The van der Waals surface area contributed by atoms with Crippen molar-refractivity contribution < 1.29 is 0 Å². The van der Waals surface area contributed by atoms with Crippen molar-refractivity contribution in [2.75, 3.05) is 0 Å². The zero-order chi connectivity index (χ0) is 6.95. The maximum absolute atomic E-state index is 2.27. The molecular weight excluding hydrogens is 135 g/mol. The molecule has 0 saturated carbocycles. The van der Waals surface area contributed by atoms with E-state index in [1.54, 1.807) is 0.515 Å². The van der Waals surface area contributed by atoms with Crippen LogP contribution in [0.15, 0.2) is 0 Å². The van der Waals surface area contributed by atoms with Gasteiger partial charge < -0.3 is 0 Å². The Kier molecular flexibility index (Phi) is 11.4. The summed E-state index contributed by atoms with van der Waals surface area (Å²) in [6.07, 6.45) is 8.81. The van der Waals surface area contributed by atoms with E-state index < -0.39 is 0 Å². The average molecular weight is 152 g/mol. The van der Waals surface area contributed by atoms with Gasteiger partial charge in [-0.1, -0.05) is 0 Å². The quantitative estimate of drug-likeness (QED) is 0.405. The number of hydrogen-bond donors (Lipinski definition) is 0. The molecule has 0 aliphatic carbocycles. The van der Waals surface area contributed by atoms with E-state index in [0.29, 0.717) is 0 Å². The molecule has 0 aliphatic heterocycles. The van der Waals surface area contributed by atoms with Crippen LogP contribution in [-0.4, -0.2) is 49.0 Å². The predicted molar refractivity (Wildman–Crippen MR) is 43.9 cm³/mol. The van der Waals surface area contributed by atoms with Crippen molar-refractivity contribution in [2.45, 2.75) is 46.0 Å². The van der Waals surface area contributed by atoms with E-state index in [1.165, 1.54) is 38.5 Å². The van der Waals surface area contributed by atoms with Gasteiger partial charge in [-0.05, 0) is 0 Å². The average Bonchev–Trinajstić information content (AvgIpc) is 1.89. The van der Waals surface area contributed by atoms with Crippen LogP contribution in [0.25, 0.3) is 0 Å². The summed E-state index contributed by atoms with van der Waals surface area (Å²) in [6.45, 7) is 2.27. The van der Waals surface area contributed by atoms with Gasteiger partial charge in [0.25, 0.3) is 0 Å². The summed E-state index contributed by atoms with van der Waals surface area (Å²) in [6, 6.07) is 0. The Morgan fingerprint density at radius 1 is 0.889 bits per heavy atom. The molecule has 0 nitrogen and oxygen atoms in total. The normalized spacial score (nSPS) is 10.1. The van der Waals surface area contributed by atoms with E-state index in [1.807, 2.05) is 0 Å². The van der Waals surface area contributed by atoms with Gasteiger partial charge in [0.1, 0.15) is 0 Å². The third-order valence-electron chi connectivity index (χ3n) is 1.71. The molecule has 0 aromatic heterocycles. The van der Waals surface area contributed by atoms with E-state index >= 15 is 0 Å². The van der Waals surface area contributed by atoms with Gasteiger partial charge in [0.05, 0.1) is 0 Å². The number of unbranched alkanes of at least 4 members (excludes halogenated alkanes) is 5. The standard InChI is InChI=1S/C8H17.K/c1-3-5-7-8-6-4-2;/h1,3-8H2,2H3;. The van der Waals surface area contributed by atoms with Crippen LogP contribution in [0.1, 0.15) is 45.4 Å². The van der Waals surface area contributed by atoms with Crippen LogP contribution in [0.2, 0.25) is 0.515 Å². The monoisotopic (exact) mass is 152 g/mol. The topological polar surface area (TPSA) is 0 Å². The van der Waals surface area contributed by atoms with Crippen LogP contribution < -0.4 is 0 Å². The minimum absolute atomic E-state index is 1.11. The van der Waals surface area contributed by atoms with Crippen molar-refractivity contribution in [3.8, 4) is 0 Å². The Morgan fingerprint density at radius 3 is 2.00 bits per heavy atom. The Labute approximate surface area is 93.4 Å². The second-order valence-electron chi connectivity index (χ2n) is 2.77. The first kappa shape index (κ1) is 10.6. The molecule has 0 amide bonds. The van der Waals surface area contributed by atoms with E-state index in [9.17, 15) is 0 Å². The molecule has 0 rings (SSSR count). The third kappa shape index (κ3) is 9.64. The third-order valence-corrected chi connectivity index (χ3v) is 2.81. The molecule has 0 aliphatic rings. The second-order valence-corrected chi connectivity index (χ2v) is 4.33. The first-order chi connectivity index (χ1) is 4.41. The van der Waals surface area contributed by atoms with E-state index in [-0.39, 0.29) is 0 Å². The van der Waals surface area contributed by atoms with Crippen LogP contribution in [0.5, 0.6) is 0 Å². The molecule has 0 heterocycles. The molecule has 0 fully saturated rings. The molecule has 0 atom stereocenters. The number of hydrogen-bond acceptors (Lipinski definition) is 0. The van der Waals surface area contributed by atoms with Crippen LogP contribution in [0.4, 0.5) is 0 Å². The van der Waals surface area contributed by atoms with Gasteiger partial charge in [-0.25, -0.2) is 0 Å². The first-order valence-corrected chi connectivity index (χ1v) is 6.62. The zero-order valence-corrected chi connectivity index (χ0v) is 10.1. The van der Waals surface area contributed by atoms with Gasteiger partial charge >= 0.3 is 94.9 Å². The van der Waals surface area contributed by atoms with Crippen LogP contribution in [0.3, 0.4) is 0 Å². The van der Waals surface area contributed by atoms with Crippen molar-refractivity contribution in [3.63, 3.8) is 0 Å². The Bertz CT molecular complexity index is 37.8. The van der Waals surface area contributed by atoms with Gasteiger partial charge in [-0.3, -0.25) is 0 Å². The molecule has 0 N–H and O–H groups in total. The summed E-state index contributed by atoms with van der Waals surface area (Å²) in [5.41, 5.74) is 0.